The van der Waals surface area contributed by atoms with Crippen LogP contribution in [0.4, 0.5) is 15.8 Å². The lowest BCUT2D eigenvalue weighted by Gasteiger charge is -2.10. The van der Waals surface area contributed by atoms with Crippen molar-refractivity contribution in [1.82, 2.24) is 4.98 Å². The van der Waals surface area contributed by atoms with Crippen LogP contribution < -0.4 is 10.1 Å². The highest BCUT2D eigenvalue weighted by molar-refractivity contribution is 7.17. The third kappa shape index (κ3) is 3.67. The number of ether oxygens (including phenoxy) is 1. The Morgan fingerprint density at radius 1 is 1.14 bits per heavy atom. The number of methoxy groups -OCH3 is 1. The first-order chi connectivity index (χ1) is 14.0. The van der Waals surface area contributed by atoms with Gasteiger partial charge in [0.1, 0.15) is 0 Å². The number of hydrogen-bond acceptors (Lipinski definition) is 5. The monoisotopic (exact) mass is 446 g/mol. The molecule has 0 aliphatic heterocycles. The predicted octanol–water partition coefficient (Wildman–Crippen LogP) is 6.97. The first-order valence-electron chi connectivity index (χ1n) is 8.43. The molecule has 0 spiro atoms. The van der Waals surface area contributed by atoms with Crippen molar-refractivity contribution in [1.29, 1.82) is 0 Å². The number of anilines is 2. The van der Waals surface area contributed by atoms with Crippen molar-refractivity contribution in [3.8, 4) is 16.2 Å². The van der Waals surface area contributed by atoms with Gasteiger partial charge in [0.25, 0.3) is 0 Å². The number of fused-ring (bicyclic) bond motifs is 1. The minimum absolute atomic E-state index is 0.0741. The molecule has 2 aromatic carbocycles. The number of thiophene rings is 1. The molecule has 146 valence electrons. The topological polar surface area (TPSA) is 51.2 Å². The Hall–Kier alpha value is -2.67. The molecule has 8 heteroatoms. The molecule has 0 saturated heterocycles. The van der Waals surface area contributed by atoms with Crippen LogP contribution in [0.15, 0.2) is 48.8 Å². The molecule has 2 heterocycles. The first kappa shape index (κ1) is 19.6. The highest BCUT2D eigenvalue weighted by atomic mass is 35.5. The molecule has 1 N–H and O–H groups in total. The van der Waals surface area contributed by atoms with Gasteiger partial charge < -0.3 is 10.1 Å². The summed E-state index contributed by atoms with van der Waals surface area (Å²) >= 11 is 13.8. The maximum atomic E-state index is 13.9. The second kappa shape index (κ2) is 7.99. The van der Waals surface area contributed by atoms with Gasteiger partial charge in [0.15, 0.2) is 17.9 Å². The van der Waals surface area contributed by atoms with E-state index in [4.69, 9.17) is 27.9 Å². The second-order valence-corrected chi connectivity index (χ2v) is 8.02. The summed E-state index contributed by atoms with van der Waals surface area (Å²) in [5.41, 5.74) is 1.82. The number of benzene rings is 2. The molecule has 4 nitrogen and oxygen atoms in total. The van der Waals surface area contributed by atoms with E-state index in [0.717, 1.165) is 17.1 Å². The molecule has 0 aliphatic rings. The lowest BCUT2D eigenvalue weighted by molar-refractivity contribution is 0.112. The Bertz CT molecular complexity index is 1240. The Morgan fingerprint density at radius 3 is 2.72 bits per heavy atom. The zero-order valence-corrected chi connectivity index (χ0v) is 17.3. The van der Waals surface area contributed by atoms with Gasteiger partial charge in [0.05, 0.1) is 39.6 Å². The van der Waals surface area contributed by atoms with E-state index in [1.807, 2.05) is 12.1 Å². The number of aromatic nitrogens is 1. The quantitative estimate of drug-likeness (QED) is 0.336. The van der Waals surface area contributed by atoms with Crippen molar-refractivity contribution < 1.29 is 13.9 Å². The number of carbonyl (C=O) groups excluding carboxylic acids is 1. The van der Waals surface area contributed by atoms with Crippen molar-refractivity contribution in [2.24, 2.45) is 0 Å². The Kier molecular flexibility index (Phi) is 5.41. The summed E-state index contributed by atoms with van der Waals surface area (Å²) in [4.78, 5) is 17.1. The van der Waals surface area contributed by atoms with Crippen molar-refractivity contribution in [3.05, 3.63) is 69.5 Å². The van der Waals surface area contributed by atoms with Gasteiger partial charge in [-0.3, -0.25) is 9.78 Å². The largest absolute Gasteiger partial charge is 0.494 e. The lowest BCUT2D eigenvalue weighted by atomic mass is 10.1. The number of aldehydes is 1. The van der Waals surface area contributed by atoms with Crippen LogP contribution in [0.25, 0.3) is 21.2 Å². The number of rotatable bonds is 5. The van der Waals surface area contributed by atoms with Crippen LogP contribution in [0.5, 0.6) is 5.75 Å². The molecule has 0 atom stereocenters. The third-order valence-electron chi connectivity index (χ3n) is 4.38. The molecule has 4 aromatic rings. The maximum absolute atomic E-state index is 13.9. The van der Waals surface area contributed by atoms with Gasteiger partial charge in [-0.15, -0.1) is 11.3 Å². The molecule has 29 heavy (non-hydrogen) atoms. The third-order valence-corrected chi connectivity index (χ3v) is 6.10. The van der Waals surface area contributed by atoms with E-state index in [0.29, 0.717) is 31.7 Å². The van der Waals surface area contributed by atoms with Crippen LogP contribution in [0.1, 0.15) is 9.67 Å². The van der Waals surface area contributed by atoms with Gasteiger partial charge in [-0.2, -0.15) is 0 Å². The van der Waals surface area contributed by atoms with Crippen LogP contribution in [-0.2, 0) is 0 Å². The summed E-state index contributed by atoms with van der Waals surface area (Å²) in [6.07, 6.45) is 4.12. The van der Waals surface area contributed by atoms with E-state index in [1.165, 1.54) is 30.6 Å². The zero-order valence-electron chi connectivity index (χ0n) is 15.0. The molecule has 0 fully saturated rings. The first-order valence-corrected chi connectivity index (χ1v) is 10.0. The van der Waals surface area contributed by atoms with Crippen LogP contribution in [0.2, 0.25) is 10.0 Å². The molecular formula is C21H13Cl2FN2O2S. The fourth-order valence-electron chi connectivity index (χ4n) is 3.03. The van der Waals surface area contributed by atoms with Crippen molar-refractivity contribution in [2.45, 2.75) is 0 Å². The summed E-state index contributed by atoms with van der Waals surface area (Å²) in [6, 6.07) is 10.0. The van der Waals surface area contributed by atoms with E-state index in [-0.39, 0.29) is 10.8 Å². The van der Waals surface area contributed by atoms with Crippen molar-refractivity contribution in [2.75, 3.05) is 12.4 Å². The average Bonchev–Trinajstić information content (AvgIpc) is 3.11. The molecule has 0 amide bonds. The highest BCUT2D eigenvalue weighted by Gasteiger charge is 2.17. The summed E-state index contributed by atoms with van der Waals surface area (Å²) in [5, 5.41) is 5.71. The van der Waals surface area contributed by atoms with Crippen LogP contribution in [-0.4, -0.2) is 18.4 Å². The van der Waals surface area contributed by atoms with Gasteiger partial charge in [-0.25, -0.2) is 4.39 Å². The summed E-state index contributed by atoms with van der Waals surface area (Å²) < 4.78 is 18.9. The SMILES string of the molecule is COc1cc(-c2cc(Nc3cncc4cccc(Cl)c34)c(C=O)s2)c(Cl)cc1F. The van der Waals surface area contributed by atoms with E-state index < -0.39 is 5.82 Å². The number of halogens is 3. The second-order valence-electron chi connectivity index (χ2n) is 6.12. The fourth-order valence-corrected chi connectivity index (χ4v) is 4.58. The smallest absolute Gasteiger partial charge is 0.166 e. The van der Waals surface area contributed by atoms with Gasteiger partial charge in [-0.05, 0) is 24.3 Å². The van der Waals surface area contributed by atoms with E-state index in [1.54, 1.807) is 24.5 Å². The number of hydrogen-bond donors (Lipinski definition) is 1. The fraction of sp³-hybridized carbons (Fsp3) is 0.0476. The van der Waals surface area contributed by atoms with E-state index in [2.05, 4.69) is 10.3 Å². The molecule has 0 saturated carbocycles. The van der Waals surface area contributed by atoms with E-state index in [9.17, 15) is 9.18 Å². The predicted molar refractivity (Wildman–Crippen MR) is 117 cm³/mol. The highest BCUT2D eigenvalue weighted by Crippen LogP contribution is 2.41. The molecular weight excluding hydrogens is 434 g/mol. The van der Waals surface area contributed by atoms with Crippen molar-refractivity contribution in [3.63, 3.8) is 0 Å². The minimum Gasteiger partial charge on any atom is -0.494 e. The van der Waals surface area contributed by atoms with Gasteiger partial charge in [0.2, 0.25) is 0 Å². The van der Waals surface area contributed by atoms with Crippen LogP contribution in [0.3, 0.4) is 0 Å². The van der Waals surface area contributed by atoms with Crippen molar-refractivity contribution >= 4 is 63.0 Å². The summed E-state index contributed by atoms with van der Waals surface area (Å²) in [7, 11) is 1.38. The molecule has 0 unspecified atom stereocenters. The Morgan fingerprint density at radius 2 is 1.97 bits per heavy atom. The number of carbonyl (C=O) groups is 1. The van der Waals surface area contributed by atoms with E-state index >= 15 is 0 Å². The number of nitrogens with one attached hydrogen (secondary N) is 1. The zero-order chi connectivity index (χ0) is 20.5. The molecule has 0 aliphatic carbocycles. The van der Waals surface area contributed by atoms with Gasteiger partial charge in [-0.1, -0.05) is 35.3 Å². The Balaban J connectivity index is 1.80. The standard InChI is InChI=1S/C21H13Cl2FN2O2S/c1-28-18-5-12(14(23)6-15(18)24)19-7-16(20(10-27)29-19)26-17-9-25-8-11-3-2-4-13(22)21(11)17/h2-10,26H,1H3. The molecule has 4 rings (SSSR count). The van der Waals surface area contributed by atoms with Gasteiger partial charge >= 0.3 is 0 Å². The maximum Gasteiger partial charge on any atom is 0.166 e. The number of pyridine rings is 1. The lowest BCUT2D eigenvalue weighted by Crippen LogP contribution is -1.94. The number of nitrogens with zero attached hydrogens (tertiary/aromatic N) is 1. The summed E-state index contributed by atoms with van der Waals surface area (Å²) in [5.74, 6) is -0.478. The summed E-state index contributed by atoms with van der Waals surface area (Å²) in [6.45, 7) is 0. The van der Waals surface area contributed by atoms with Crippen LogP contribution in [0, 0.1) is 5.82 Å². The molecule has 0 radical (unpaired) electrons. The average molecular weight is 447 g/mol. The molecule has 2 aromatic heterocycles. The normalized spacial score (nSPS) is 10.9. The van der Waals surface area contributed by atoms with Gasteiger partial charge in [0, 0.05) is 27.4 Å². The Labute approximate surface area is 179 Å². The van der Waals surface area contributed by atoms with Crippen LogP contribution >= 0.6 is 34.5 Å². The minimum atomic E-state index is -0.553. The molecule has 0 bridgehead atoms.